The van der Waals surface area contributed by atoms with Crippen molar-refractivity contribution in [1.29, 1.82) is 0 Å². The summed E-state index contributed by atoms with van der Waals surface area (Å²) in [6.45, 7) is 10.6. The van der Waals surface area contributed by atoms with Gasteiger partial charge in [0.15, 0.2) is 0 Å². The Hall–Kier alpha value is -2.36. The van der Waals surface area contributed by atoms with Crippen molar-refractivity contribution >= 4 is 12.1 Å². The van der Waals surface area contributed by atoms with Crippen LogP contribution in [-0.2, 0) is 14.3 Å². The molecule has 4 heteroatoms. The molecule has 0 aliphatic heterocycles. The van der Waals surface area contributed by atoms with Crippen molar-refractivity contribution in [3.63, 3.8) is 0 Å². The molecule has 0 radical (unpaired) electrons. The maximum atomic E-state index is 11.4. The molecule has 0 bridgehead atoms. The van der Waals surface area contributed by atoms with Crippen molar-refractivity contribution in [2.75, 3.05) is 7.11 Å². The number of hydrogen-bond acceptors (Lipinski definition) is 4. The second-order valence-electron chi connectivity index (χ2n) is 7.30. The fraction of sp³-hybridized carbons (Fsp3) is 0.455. The van der Waals surface area contributed by atoms with Crippen molar-refractivity contribution in [1.82, 2.24) is 0 Å². The molecule has 0 fully saturated rings. The predicted molar refractivity (Wildman–Crippen MR) is 105 cm³/mol. The Morgan fingerprint density at radius 1 is 1.12 bits per heavy atom. The molecule has 0 unspecified atom stereocenters. The molecule has 26 heavy (non-hydrogen) atoms. The van der Waals surface area contributed by atoms with E-state index < -0.39 is 12.1 Å². The van der Waals surface area contributed by atoms with Crippen LogP contribution in [0.1, 0.15) is 53.9 Å². The minimum absolute atomic E-state index is 0.230. The molecule has 0 aromatic carbocycles. The van der Waals surface area contributed by atoms with Crippen LogP contribution in [0.2, 0.25) is 0 Å². The van der Waals surface area contributed by atoms with E-state index in [1.807, 2.05) is 19.1 Å². The summed E-state index contributed by atoms with van der Waals surface area (Å²) in [6, 6.07) is 0. The van der Waals surface area contributed by atoms with E-state index >= 15 is 0 Å². The van der Waals surface area contributed by atoms with Gasteiger partial charge in [-0.25, -0.2) is 9.59 Å². The first kappa shape index (κ1) is 21.7. The molecule has 1 rings (SSSR count). The number of carbonyl (C=O) groups is 2. The molecular weight excluding hydrogens is 328 g/mol. The van der Waals surface area contributed by atoms with Gasteiger partial charge in [-0.15, -0.1) is 0 Å². The SMILES string of the molecule is COC(=O)OC(=O)/C=C(C)/C=C/C=C(C)/C=C/C1=C(C)CCCC1(C)C. The Balaban J connectivity index is 2.72. The predicted octanol–water partition coefficient (Wildman–Crippen LogP) is 5.83. The zero-order chi connectivity index (χ0) is 19.7. The van der Waals surface area contributed by atoms with Crippen LogP contribution in [0.5, 0.6) is 0 Å². The molecule has 0 atom stereocenters. The van der Waals surface area contributed by atoms with Gasteiger partial charge in [-0.2, -0.15) is 0 Å². The van der Waals surface area contributed by atoms with Crippen LogP contribution in [0.15, 0.2) is 58.7 Å². The fourth-order valence-electron chi connectivity index (χ4n) is 3.02. The topological polar surface area (TPSA) is 52.6 Å². The molecule has 0 heterocycles. The first-order valence-electron chi connectivity index (χ1n) is 8.87. The summed E-state index contributed by atoms with van der Waals surface area (Å²) < 4.78 is 8.65. The van der Waals surface area contributed by atoms with Gasteiger partial charge < -0.3 is 9.47 Å². The van der Waals surface area contributed by atoms with Crippen molar-refractivity contribution in [3.8, 4) is 0 Å². The number of esters is 1. The number of carbonyl (C=O) groups excluding carboxylic acids is 2. The number of allylic oxidation sites excluding steroid dienone is 9. The van der Waals surface area contributed by atoms with Crippen LogP contribution in [0.4, 0.5) is 4.79 Å². The van der Waals surface area contributed by atoms with Gasteiger partial charge in [-0.05, 0) is 56.6 Å². The monoisotopic (exact) mass is 358 g/mol. The Kier molecular flexibility index (Phi) is 8.30. The lowest BCUT2D eigenvalue weighted by Crippen LogP contribution is -2.19. The largest absolute Gasteiger partial charge is 0.516 e. The van der Waals surface area contributed by atoms with Gasteiger partial charge in [0.25, 0.3) is 0 Å². The smallest absolute Gasteiger partial charge is 0.437 e. The first-order valence-corrected chi connectivity index (χ1v) is 8.87. The van der Waals surface area contributed by atoms with E-state index in [1.54, 1.807) is 13.0 Å². The van der Waals surface area contributed by atoms with E-state index in [9.17, 15) is 9.59 Å². The van der Waals surface area contributed by atoms with Crippen molar-refractivity contribution < 1.29 is 19.1 Å². The third-order valence-electron chi connectivity index (χ3n) is 4.47. The zero-order valence-electron chi connectivity index (χ0n) is 16.7. The van der Waals surface area contributed by atoms with Gasteiger partial charge >= 0.3 is 12.1 Å². The lowest BCUT2D eigenvalue weighted by molar-refractivity contribution is -0.133. The van der Waals surface area contributed by atoms with Crippen molar-refractivity contribution in [3.05, 3.63) is 58.7 Å². The van der Waals surface area contributed by atoms with Gasteiger partial charge in [0.1, 0.15) is 0 Å². The summed E-state index contributed by atoms with van der Waals surface area (Å²) in [7, 11) is 1.15. The molecule has 0 N–H and O–H groups in total. The van der Waals surface area contributed by atoms with E-state index in [4.69, 9.17) is 0 Å². The normalized spacial score (nSPS) is 18.5. The van der Waals surface area contributed by atoms with Gasteiger partial charge in [-0.1, -0.05) is 55.4 Å². The number of hydrogen-bond donors (Lipinski definition) is 0. The molecular formula is C22H30O4. The molecule has 0 saturated heterocycles. The Labute approximate surface area is 156 Å². The molecule has 4 nitrogen and oxygen atoms in total. The van der Waals surface area contributed by atoms with Crippen LogP contribution in [0, 0.1) is 5.41 Å². The molecule has 0 spiro atoms. The van der Waals surface area contributed by atoms with E-state index in [0.717, 1.165) is 12.7 Å². The maximum absolute atomic E-state index is 11.4. The van der Waals surface area contributed by atoms with Gasteiger partial charge in [-0.3, -0.25) is 0 Å². The molecule has 0 amide bonds. The van der Waals surface area contributed by atoms with Crippen molar-refractivity contribution in [2.24, 2.45) is 5.41 Å². The van der Waals surface area contributed by atoms with E-state index in [-0.39, 0.29) is 5.41 Å². The lowest BCUT2D eigenvalue weighted by atomic mass is 9.72. The quantitative estimate of drug-likeness (QED) is 0.269. The average molecular weight is 358 g/mol. The van der Waals surface area contributed by atoms with Crippen LogP contribution >= 0.6 is 0 Å². The van der Waals surface area contributed by atoms with E-state index in [0.29, 0.717) is 5.57 Å². The van der Waals surface area contributed by atoms with Crippen LogP contribution in [0.25, 0.3) is 0 Å². The second kappa shape index (κ2) is 9.95. The Bertz CT molecular complexity index is 685. The summed E-state index contributed by atoms with van der Waals surface area (Å²) >= 11 is 0. The highest BCUT2D eigenvalue weighted by Gasteiger charge is 2.26. The first-order chi connectivity index (χ1) is 12.2. The van der Waals surface area contributed by atoms with Crippen LogP contribution in [0.3, 0.4) is 0 Å². The summed E-state index contributed by atoms with van der Waals surface area (Å²) in [5, 5.41) is 0. The Morgan fingerprint density at radius 3 is 2.42 bits per heavy atom. The van der Waals surface area contributed by atoms with Gasteiger partial charge in [0.05, 0.1) is 7.11 Å². The molecule has 0 saturated carbocycles. The fourth-order valence-corrected chi connectivity index (χ4v) is 3.02. The molecule has 1 aliphatic carbocycles. The standard InChI is InChI=1S/C22H30O4/c1-16(12-13-19-18(3)11-8-14-22(19,4)5)9-7-10-17(2)15-20(23)26-21(24)25-6/h7,9-10,12-13,15H,8,11,14H2,1-6H3/b10-7+,13-12+,16-9+,17-15+. The summed E-state index contributed by atoms with van der Waals surface area (Å²) in [4.78, 5) is 22.3. The third kappa shape index (κ3) is 7.26. The highest BCUT2D eigenvalue weighted by Crippen LogP contribution is 2.40. The molecule has 0 aromatic heterocycles. The van der Waals surface area contributed by atoms with Crippen LogP contribution < -0.4 is 0 Å². The highest BCUT2D eigenvalue weighted by molar-refractivity contribution is 5.90. The minimum Gasteiger partial charge on any atom is -0.437 e. The van der Waals surface area contributed by atoms with E-state index in [1.165, 1.54) is 36.5 Å². The zero-order valence-corrected chi connectivity index (χ0v) is 16.7. The lowest BCUT2D eigenvalue weighted by Gasteiger charge is -2.32. The highest BCUT2D eigenvalue weighted by atomic mass is 16.7. The molecule has 142 valence electrons. The number of ether oxygens (including phenoxy) is 2. The summed E-state index contributed by atoms with van der Waals surface area (Å²) in [6.07, 6.45) is 13.9. The maximum Gasteiger partial charge on any atom is 0.516 e. The minimum atomic E-state index is -1.01. The Morgan fingerprint density at radius 2 is 1.81 bits per heavy atom. The number of rotatable bonds is 5. The van der Waals surface area contributed by atoms with Crippen molar-refractivity contribution in [2.45, 2.75) is 53.9 Å². The van der Waals surface area contributed by atoms with E-state index in [2.05, 4.69) is 42.4 Å². The van der Waals surface area contributed by atoms with Gasteiger partial charge in [0.2, 0.25) is 0 Å². The van der Waals surface area contributed by atoms with Crippen LogP contribution in [-0.4, -0.2) is 19.2 Å². The number of methoxy groups -OCH3 is 1. The molecule has 1 aliphatic rings. The summed E-state index contributed by atoms with van der Waals surface area (Å²) in [5.41, 5.74) is 4.94. The average Bonchev–Trinajstić information content (AvgIpc) is 2.53. The van der Waals surface area contributed by atoms with Gasteiger partial charge in [0, 0.05) is 6.08 Å². The third-order valence-corrected chi connectivity index (χ3v) is 4.47. The molecule has 0 aromatic rings. The second-order valence-corrected chi connectivity index (χ2v) is 7.30. The summed E-state index contributed by atoms with van der Waals surface area (Å²) in [5.74, 6) is -0.749.